The Morgan fingerprint density at radius 1 is 1.14 bits per heavy atom. The Hall–Kier alpha value is -0.750. The van der Waals surface area contributed by atoms with Gasteiger partial charge in [-0.2, -0.15) is 0 Å². The Bertz CT molecular complexity index is 865. The molecule has 5 atom stereocenters. The first kappa shape index (κ1) is 26.3. The van der Waals surface area contributed by atoms with E-state index in [1.165, 1.54) is 26.0 Å². The molecule has 3 rings (SSSR count). The van der Waals surface area contributed by atoms with E-state index in [1.807, 2.05) is 0 Å². The second-order valence-electron chi connectivity index (χ2n) is 6.95. The van der Waals surface area contributed by atoms with E-state index in [-0.39, 0.29) is 64.7 Å². The molecule has 1 aromatic rings. The number of amides is 2. The predicted molar refractivity (Wildman–Crippen MR) is 93.0 cm³/mol. The van der Waals surface area contributed by atoms with E-state index in [1.54, 1.807) is 18.2 Å². The van der Waals surface area contributed by atoms with Gasteiger partial charge in [-0.05, 0) is 19.4 Å². The van der Waals surface area contributed by atoms with Gasteiger partial charge in [0.25, 0.3) is 0 Å². The molecule has 144 valence electrons. The first-order valence-electron chi connectivity index (χ1n) is 8.12. The first-order chi connectivity index (χ1) is 12.6. The number of rotatable bonds is 5. The molecule has 0 saturated carbocycles. The van der Waals surface area contributed by atoms with Crippen molar-refractivity contribution in [2.45, 2.75) is 42.0 Å². The smallest absolute Gasteiger partial charge is 0.480 e. The summed E-state index contributed by atoms with van der Waals surface area (Å²) in [7, 11) is -1.75. The van der Waals surface area contributed by atoms with Gasteiger partial charge in [0.05, 0.1) is 15.5 Å². The average Bonchev–Trinajstić information content (AvgIpc) is 2.78. The van der Waals surface area contributed by atoms with Gasteiger partial charge in [0.2, 0.25) is 11.8 Å². The van der Waals surface area contributed by atoms with Crippen molar-refractivity contribution in [2.24, 2.45) is 0 Å². The number of β-lactam (4-membered cyclic amide) rings is 1. The average molecular weight is 440 g/mol. The van der Waals surface area contributed by atoms with Gasteiger partial charge in [-0.15, -0.1) is 0 Å². The number of nitrogens with one attached hydrogen (secondary N) is 1. The molecule has 1 aromatic carbocycles. The molecular formula is C17H18N2Na2O7S+2. The fraction of sp³-hybridized carbons (Fsp3) is 0.412. The summed E-state index contributed by atoms with van der Waals surface area (Å²) < 4.78 is 11.5. The number of fused-ring (bicyclic) bond motifs is 1. The van der Waals surface area contributed by atoms with Crippen LogP contribution in [0.25, 0.3) is 0 Å². The van der Waals surface area contributed by atoms with Gasteiger partial charge in [0.15, 0.2) is 5.92 Å². The Balaban J connectivity index is 0.00000210. The zero-order valence-electron chi connectivity index (χ0n) is 16.5. The Kier molecular flexibility index (Phi) is 8.69. The second-order valence-corrected chi connectivity index (χ2v) is 9.08. The van der Waals surface area contributed by atoms with Crippen molar-refractivity contribution in [3.8, 4) is 0 Å². The number of carboxylic acids is 2. The monoisotopic (exact) mass is 440 g/mol. The Morgan fingerprint density at radius 2 is 1.69 bits per heavy atom. The summed E-state index contributed by atoms with van der Waals surface area (Å²) in [6, 6.07) is 5.31. The maximum atomic E-state index is 12.7. The summed E-state index contributed by atoms with van der Waals surface area (Å²) in [6.07, 6.45) is 0. The van der Waals surface area contributed by atoms with Crippen molar-refractivity contribution in [3.63, 3.8) is 0 Å². The number of hydrogen-bond acceptors (Lipinski definition) is 5. The van der Waals surface area contributed by atoms with Crippen molar-refractivity contribution in [3.05, 3.63) is 35.9 Å². The summed E-state index contributed by atoms with van der Waals surface area (Å²) in [5, 5.41) is 20.2. The van der Waals surface area contributed by atoms with Gasteiger partial charge in [-0.3, -0.25) is 18.6 Å². The molecule has 0 aliphatic carbocycles. The van der Waals surface area contributed by atoms with Crippen molar-refractivity contribution in [1.82, 2.24) is 10.2 Å². The van der Waals surface area contributed by atoms with Crippen LogP contribution >= 0.6 is 0 Å². The quantitative estimate of drug-likeness (QED) is 0.235. The van der Waals surface area contributed by atoms with Crippen LogP contribution in [0, 0.1) is 0 Å². The third kappa shape index (κ3) is 4.34. The van der Waals surface area contributed by atoms with Crippen LogP contribution in [0.3, 0.4) is 0 Å². The molecule has 2 saturated heterocycles. The summed E-state index contributed by atoms with van der Waals surface area (Å²) in [5.41, 5.74) is 0.238. The molecule has 2 aliphatic heterocycles. The van der Waals surface area contributed by atoms with Crippen molar-refractivity contribution in [2.75, 3.05) is 0 Å². The summed E-state index contributed by atoms with van der Waals surface area (Å²) >= 11 is 0. The molecule has 0 spiro atoms. The van der Waals surface area contributed by atoms with E-state index < -0.39 is 62.7 Å². The molecular weight excluding hydrogens is 422 g/mol. The van der Waals surface area contributed by atoms with Crippen LogP contribution in [0.5, 0.6) is 0 Å². The van der Waals surface area contributed by atoms with Gasteiger partial charge in [-0.25, -0.2) is 4.79 Å². The van der Waals surface area contributed by atoms with Crippen molar-refractivity contribution in [1.29, 1.82) is 0 Å². The fourth-order valence-corrected chi connectivity index (χ4v) is 5.50. The Labute approximate surface area is 213 Å². The molecule has 2 aliphatic rings. The van der Waals surface area contributed by atoms with E-state index in [9.17, 15) is 33.6 Å². The van der Waals surface area contributed by atoms with Crippen LogP contribution in [0.2, 0.25) is 0 Å². The molecule has 5 unspecified atom stereocenters. The Morgan fingerprint density at radius 3 is 2.17 bits per heavy atom. The topological polar surface area (TPSA) is 141 Å². The third-order valence-electron chi connectivity index (χ3n) is 4.93. The van der Waals surface area contributed by atoms with Gasteiger partial charge in [-0.1, -0.05) is 30.3 Å². The maximum Gasteiger partial charge on any atom is 1.00 e. The zero-order chi connectivity index (χ0) is 20.1. The van der Waals surface area contributed by atoms with Crippen LogP contribution in [0.1, 0.15) is 25.3 Å². The molecule has 2 heterocycles. The molecule has 2 fully saturated rings. The van der Waals surface area contributed by atoms with Gasteiger partial charge < -0.3 is 20.4 Å². The number of benzene rings is 1. The SMILES string of the molecule is CC1(C)C(C(=O)O)N2C(=O)C(NC(=O)C(C(=O)O)c3ccccc3)C2S1=O.[Na+].[Na+]. The molecule has 2 amide bonds. The van der Waals surface area contributed by atoms with E-state index >= 15 is 0 Å². The zero-order valence-corrected chi connectivity index (χ0v) is 21.3. The van der Waals surface area contributed by atoms with Crippen LogP contribution in [0.4, 0.5) is 0 Å². The number of carboxylic acid groups (broad SMARTS) is 2. The first-order valence-corrected chi connectivity index (χ1v) is 9.34. The summed E-state index contributed by atoms with van der Waals surface area (Å²) in [6.45, 7) is 2.97. The molecule has 29 heavy (non-hydrogen) atoms. The third-order valence-corrected chi connectivity index (χ3v) is 7.13. The normalized spacial score (nSPS) is 27.4. The second kappa shape index (κ2) is 9.59. The van der Waals surface area contributed by atoms with Crippen LogP contribution < -0.4 is 64.4 Å². The molecule has 0 aromatic heterocycles. The van der Waals surface area contributed by atoms with Crippen LogP contribution in [-0.2, 0) is 30.0 Å². The minimum atomic E-state index is -1.75. The number of hydrogen-bond donors (Lipinski definition) is 3. The molecule has 0 bridgehead atoms. The number of nitrogens with zero attached hydrogens (tertiary/aromatic N) is 1. The van der Waals surface area contributed by atoms with Gasteiger partial charge in [0, 0.05) is 0 Å². The van der Waals surface area contributed by atoms with E-state index in [0.717, 1.165) is 4.90 Å². The van der Waals surface area contributed by atoms with Gasteiger partial charge >= 0.3 is 71.1 Å². The van der Waals surface area contributed by atoms with E-state index in [2.05, 4.69) is 5.32 Å². The van der Waals surface area contributed by atoms with Crippen molar-refractivity contribution >= 4 is 34.6 Å². The molecule has 9 nitrogen and oxygen atoms in total. The largest absolute Gasteiger partial charge is 1.00 e. The van der Waals surface area contributed by atoms with Crippen LogP contribution in [0.15, 0.2) is 30.3 Å². The van der Waals surface area contributed by atoms with E-state index in [0.29, 0.717) is 0 Å². The standard InChI is InChI=1S/C17H18N2O7S.2Na/c1-17(2)11(16(24)25)19-13(21)10(14(19)27(17)26)18-12(20)9(15(22)23)8-6-4-3-5-7-8;;/h3-7,9-11,14H,1-2H3,(H,18,20)(H,22,23)(H,24,25);;/q;2*+1. The maximum absolute atomic E-state index is 12.7. The van der Waals surface area contributed by atoms with Gasteiger partial charge in [0.1, 0.15) is 17.5 Å². The number of carbonyl (C=O) groups excluding carboxylic acids is 2. The minimum Gasteiger partial charge on any atom is -0.480 e. The predicted octanol–water partition coefficient (Wildman–Crippen LogP) is -6.49. The number of aliphatic carboxylic acids is 2. The molecule has 0 radical (unpaired) electrons. The molecule has 3 N–H and O–H groups in total. The van der Waals surface area contributed by atoms with Crippen LogP contribution in [-0.4, -0.2) is 65.3 Å². The van der Waals surface area contributed by atoms with E-state index in [4.69, 9.17) is 0 Å². The summed E-state index contributed by atoms with van der Waals surface area (Å²) in [5.74, 6) is -5.80. The number of carbonyl (C=O) groups is 4. The minimum absolute atomic E-state index is 0. The summed E-state index contributed by atoms with van der Waals surface area (Å²) in [4.78, 5) is 49.0. The molecule has 12 heteroatoms. The van der Waals surface area contributed by atoms with Crippen molar-refractivity contribution < 1.29 is 92.7 Å². The fourth-order valence-electron chi connectivity index (χ4n) is 3.58.